The van der Waals surface area contributed by atoms with Crippen LogP contribution in [0.2, 0.25) is 0 Å². The van der Waals surface area contributed by atoms with Crippen LogP contribution in [0.5, 0.6) is 0 Å². The van der Waals surface area contributed by atoms with Crippen LogP contribution >= 0.6 is 0 Å². The normalized spacial score (nSPS) is 14.4. The van der Waals surface area contributed by atoms with Gasteiger partial charge in [0.25, 0.3) is 0 Å². The number of nitrogens with one attached hydrogen (secondary N) is 1. The Balaban J connectivity index is 2.82. The summed E-state index contributed by atoms with van der Waals surface area (Å²) in [6, 6.07) is 3.23. The van der Waals surface area contributed by atoms with Gasteiger partial charge >= 0.3 is 6.18 Å². The fourth-order valence-corrected chi connectivity index (χ4v) is 1.31. The molecule has 0 saturated carbocycles. The molecule has 0 amide bonds. The lowest BCUT2D eigenvalue weighted by atomic mass is 10.2. The third-order valence-electron chi connectivity index (χ3n) is 2.09. The Morgan fingerprint density at radius 2 is 2.14 bits per heavy atom. The fourth-order valence-electron chi connectivity index (χ4n) is 1.31. The molecule has 1 aromatic rings. The highest BCUT2D eigenvalue weighted by molar-refractivity contribution is 5.11. The molecule has 1 atom stereocenters. The summed E-state index contributed by atoms with van der Waals surface area (Å²) < 4.78 is 37.6. The van der Waals surface area contributed by atoms with E-state index in [2.05, 4.69) is 5.32 Å². The van der Waals surface area contributed by atoms with Crippen molar-refractivity contribution in [2.45, 2.75) is 25.7 Å². The number of hydrogen-bond acceptors (Lipinski definition) is 1. The zero-order valence-electron chi connectivity index (χ0n) is 8.10. The first-order valence-corrected chi connectivity index (χ1v) is 4.33. The molecular formula is C9H13F3N2. The summed E-state index contributed by atoms with van der Waals surface area (Å²) in [6.07, 6.45) is -2.72. The molecule has 0 bridgehead atoms. The Morgan fingerprint density at radius 1 is 1.50 bits per heavy atom. The van der Waals surface area contributed by atoms with Crippen LogP contribution in [0.15, 0.2) is 18.3 Å². The van der Waals surface area contributed by atoms with Crippen LogP contribution in [0.3, 0.4) is 0 Å². The number of aromatic nitrogens is 1. The van der Waals surface area contributed by atoms with Gasteiger partial charge in [-0.05, 0) is 26.1 Å². The van der Waals surface area contributed by atoms with E-state index in [1.54, 1.807) is 19.2 Å². The van der Waals surface area contributed by atoms with Crippen LogP contribution in [0, 0.1) is 0 Å². The van der Waals surface area contributed by atoms with Crippen LogP contribution in [-0.4, -0.2) is 17.8 Å². The molecule has 80 valence electrons. The lowest BCUT2D eigenvalue weighted by molar-refractivity contribution is -0.141. The van der Waals surface area contributed by atoms with Crippen molar-refractivity contribution in [1.29, 1.82) is 0 Å². The summed E-state index contributed by atoms with van der Waals surface area (Å²) >= 11 is 0. The number of alkyl halides is 3. The largest absolute Gasteiger partial charge is 0.406 e. The molecule has 0 saturated heterocycles. The second-order valence-electron chi connectivity index (χ2n) is 3.19. The molecule has 5 heteroatoms. The molecule has 14 heavy (non-hydrogen) atoms. The van der Waals surface area contributed by atoms with E-state index in [1.165, 1.54) is 10.8 Å². The van der Waals surface area contributed by atoms with E-state index in [1.807, 2.05) is 6.92 Å². The van der Waals surface area contributed by atoms with E-state index in [4.69, 9.17) is 0 Å². The minimum Gasteiger partial charge on any atom is -0.341 e. The second kappa shape index (κ2) is 4.04. The van der Waals surface area contributed by atoms with E-state index >= 15 is 0 Å². The number of halogens is 3. The maximum Gasteiger partial charge on any atom is 0.406 e. The summed E-state index contributed by atoms with van der Waals surface area (Å²) in [7, 11) is 1.72. The Morgan fingerprint density at radius 3 is 2.64 bits per heavy atom. The van der Waals surface area contributed by atoms with Gasteiger partial charge < -0.3 is 9.88 Å². The lowest BCUT2D eigenvalue weighted by Gasteiger charge is -2.16. The van der Waals surface area contributed by atoms with Gasteiger partial charge in [-0.3, -0.25) is 0 Å². The monoisotopic (exact) mass is 206 g/mol. The molecule has 1 aromatic heterocycles. The Kier molecular flexibility index (Phi) is 3.21. The Hall–Kier alpha value is -0.970. The van der Waals surface area contributed by atoms with Crippen LogP contribution in [0.4, 0.5) is 13.2 Å². The van der Waals surface area contributed by atoms with Crippen LogP contribution in [-0.2, 0) is 6.54 Å². The minimum atomic E-state index is -4.17. The number of rotatable bonds is 3. The van der Waals surface area contributed by atoms with Crippen LogP contribution < -0.4 is 5.32 Å². The highest BCUT2D eigenvalue weighted by Crippen LogP contribution is 2.21. The molecule has 0 aromatic carbocycles. The minimum absolute atomic E-state index is 0.0765. The SMILES string of the molecule is CNC(C)c1cccn1CC(F)(F)F. The summed E-state index contributed by atoms with van der Waals surface area (Å²) in [5.41, 5.74) is 0.643. The van der Waals surface area contributed by atoms with E-state index in [9.17, 15) is 13.2 Å². The molecule has 0 spiro atoms. The van der Waals surface area contributed by atoms with E-state index in [-0.39, 0.29) is 6.04 Å². The van der Waals surface area contributed by atoms with Crippen molar-refractivity contribution in [1.82, 2.24) is 9.88 Å². The topological polar surface area (TPSA) is 17.0 Å². The van der Waals surface area contributed by atoms with E-state index in [0.29, 0.717) is 5.69 Å². The summed E-state index contributed by atoms with van der Waals surface area (Å²) in [4.78, 5) is 0. The van der Waals surface area contributed by atoms with E-state index < -0.39 is 12.7 Å². The maximum absolute atomic E-state index is 12.1. The molecule has 1 heterocycles. The Labute approximate surface area is 80.7 Å². The second-order valence-corrected chi connectivity index (χ2v) is 3.19. The Bertz CT molecular complexity index is 290. The predicted molar refractivity (Wildman–Crippen MR) is 48.0 cm³/mol. The molecule has 0 aliphatic rings. The zero-order valence-corrected chi connectivity index (χ0v) is 8.10. The third-order valence-corrected chi connectivity index (χ3v) is 2.09. The van der Waals surface area contributed by atoms with Gasteiger partial charge in [0.2, 0.25) is 0 Å². The molecule has 0 radical (unpaired) electrons. The van der Waals surface area contributed by atoms with Gasteiger partial charge in [0.1, 0.15) is 6.54 Å². The first-order chi connectivity index (χ1) is 6.44. The molecule has 1 N–H and O–H groups in total. The van der Waals surface area contributed by atoms with Gasteiger partial charge in [-0.1, -0.05) is 0 Å². The van der Waals surface area contributed by atoms with Crippen molar-refractivity contribution in [2.75, 3.05) is 7.05 Å². The van der Waals surface area contributed by atoms with Gasteiger partial charge in [-0.15, -0.1) is 0 Å². The molecule has 0 aliphatic carbocycles. The number of hydrogen-bond donors (Lipinski definition) is 1. The van der Waals surface area contributed by atoms with Gasteiger partial charge in [0, 0.05) is 17.9 Å². The summed E-state index contributed by atoms with van der Waals surface area (Å²) in [6.45, 7) is 0.892. The highest BCUT2D eigenvalue weighted by atomic mass is 19.4. The van der Waals surface area contributed by atoms with Crippen LogP contribution in [0.25, 0.3) is 0 Å². The van der Waals surface area contributed by atoms with E-state index in [0.717, 1.165) is 0 Å². The van der Waals surface area contributed by atoms with Crippen molar-refractivity contribution >= 4 is 0 Å². The molecule has 1 rings (SSSR count). The van der Waals surface area contributed by atoms with Gasteiger partial charge in [-0.2, -0.15) is 13.2 Å². The first-order valence-electron chi connectivity index (χ1n) is 4.33. The molecule has 0 aliphatic heterocycles. The van der Waals surface area contributed by atoms with Gasteiger partial charge in [0.05, 0.1) is 0 Å². The zero-order chi connectivity index (χ0) is 10.8. The quantitative estimate of drug-likeness (QED) is 0.803. The molecular weight excluding hydrogens is 193 g/mol. The molecule has 1 unspecified atom stereocenters. The fraction of sp³-hybridized carbons (Fsp3) is 0.556. The van der Waals surface area contributed by atoms with Crippen LogP contribution in [0.1, 0.15) is 18.7 Å². The van der Waals surface area contributed by atoms with Crippen molar-refractivity contribution in [3.8, 4) is 0 Å². The highest BCUT2D eigenvalue weighted by Gasteiger charge is 2.28. The third kappa shape index (κ3) is 2.77. The standard InChI is InChI=1S/C9H13F3N2/c1-7(13-2)8-4-3-5-14(8)6-9(10,11)12/h3-5,7,13H,6H2,1-2H3. The van der Waals surface area contributed by atoms with Crippen molar-refractivity contribution in [3.63, 3.8) is 0 Å². The van der Waals surface area contributed by atoms with Crippen molar-refractivity contribution < 1.29 is 13.2 Å². The maximum atomic E-state index is 12.1. The van der Waals surface area contributed by atoms with Gasteiger partial charge in [0.15, 0.2) is 0 Å². The smallest absolute Gasteiger partial charge is 0.341 e. The first kappa shape index (κ1) is 11.1. The summed E-state index contributed by atoms with van der Waals surface area (Å²) in [5, 5.41) is 2.91. The molecule has 2 nitrogen and oxygen atoms in total. The number of nitrogens with zero attached hydrogens (tertiary/aromatic N) is 1. The van der Waals surface area contributed by atoms with Crippen molar-refractivity contribution in [3.05, 3.63) is 24.0 Å². The molecule has 0 fully saturated rings. The predicted octanol–water partition coefficient (Wildman–Crippen LogP) is 2.33. The van der Waals surface area contributed by atoms with Crippen molar-refractivity contribution in [2.24, 2.45) is 0 Å². The summed E-state index contributed by atoms with van der Waals surface area (Å²) in [5.74, 6) is 0. The average molecular weight is 206 g/mol. The lowest BCUT2D eigenvalue weighted by Crippen LogP contribution is -2.22. The van der Waals surface area contributed by atoms with Gasteiger partial charge in [-0.25, -0.2) is 0 Å². The average Bonchev–Trinajstić information content (AvgIpc) is 2.48.